The monoisotopic (exact) mass is 276 g/mol. The highest BCUT2D eigenvalue weighted by Gasteiger charge is 2.13. The SMILES string of the molecule is CCc1nn(C)cc1-c1cnc(CCNCC(C)C)o1. The van der Waals surface area contributed by atoms with Crippen molar-refractivity contribution in [3.63, 3.8) is 0 Å². The van der Waals surface area contributed by atoms with Crippen LogP contribution in [-0.4, -0.2) is 27.9 Å². The van der Waals surface area contributed by atoms with E-state index < -0.39 is 0 Å². The number of hydrogen-bond acceptors (Lipinski definition) is 4. The molecule has 2 rings (SSSR count). The fraction of sp³-hybridized carbons (Fsp3) is 0.600. The highest BCUT2D eigenvalue weighted by Crippen LogP contribution is 2.24. The summed E-state index contributed by atoms with van der Waals surface area (Å²) in [5, 5.41) is 7.82. The van der Waals surface area contributed by atoms with Crippen LogP contribution in [-0.2, 0) is 19.9 Å². The molecule has 0 bridgehead atoms. The number of nitrogens with one attached hydrogen (secondary N) is 1. The second-order valence-electron chi connectivity index (χ2n) is 5.48. The molecule has 0 fully saturated rings. The molecule has 1 N–H and O–H groups in total. The van der Waals surface area contributed by atoms with Crippen molar-refractivity contribution < 1.29 is 4.42 Å². The lowest BCUT2D eigenvalue weighted by molar-refractivity contribution is 0.482. The smallest absolute Gasteiger partial charge is 0.196 e. The maximum absolute atomic E-state index is 5.83. The molecular weight excluding hydrogens is 252 g/mol. The predicted octanol–water partition coefficient (Wildman–Crippen LogP) is 2.43. The Bertz CT molecular complexity index is 542. The van der Waals surface area contributed by atoms with Crippen molar-refractivity contribution in [3.05, 3.63) is 24.0 Å². The Morgan fingerprint density at radius 1 is 1.40 bits per heavy atom. The van der Waals surface area contributed by atoms with Gasteiger partial charge >= 0.3 is 0 Å². The van der Waals surface area contributed by atoms with Crippen LogP contribution in [0.1, 0.15) is 32.4 Å². The minimum absolute atomic E-state index is 0.664. The third-order valence-corrected chi connectivity index (χ3v) is 3.13. The Morgan fingerprint density at radius 2 is 2.20 bits per heavy atom. The van der Waals surface area contributed by atoms with Crippen molar-refractivity contribution in [2.75, 3.05) is 13.1 Å². The Morgan fingerprint density at radius 3 is 2.90 bits per heavy atom. The summed E-state index contributed by atoms with van der Waals surface area (Å²) in [6.07, 6.45) is 5.49. The van der Waals surface area contributed by atoms with Gasteiger partial charge in [-0.05, 0) is 18.9 Å². The topological polar surface area (TPSA) is 55.9 Å². The van der Waals surface area contributed by atoms with Crippen molar-refractivity contribution in [1.29, 1.82) is 0 Å². The van der Waals surface area contributed by atoms with E-state index in [-0.39, 0.29) is 0 Å². The molecule has 0 unspecified atom stereocenters. The summed E-state index contributed by atoms with van der Waals surface area (Å²) in [6.45, 7) is 8.41. The molecule has 0 spiro atoms. The molecule has 0 aliphatic carbocycles. The number of oxazole rings is 1. The van der Waals surface area contributed by atoms with E-state index in [0.29, 0.717) is 5.92 Å². The van der Waals surface area contributed by atoms with E-state index in [1.807, 2.05) is 17.9 Å². The summed E-state index contributed by atoms with van der Waals surface area (Å²) in [6, 6.07) is 0. The summed E-state index contributed by atoms with van der Waals surface area (Å²) in [5.41, 5.74) is 2.09. The first-order chi connectivity index (χ1) is 9.60. The minimum Gasteiger partial charge on any atom is -0.441 e. The van der Waals surface area contributed by atoms with Crippen molar-refractivity contribution in [2.45, 2.75) is 33.6 Å². The summed E-state index contributed by atoms with van der Waals surface area (Å²) >= 11 is 0. The van der Waals surface area contributed by atoms with Gasteiger partial charge in [0.05, 0.1) is 17.5 Å². The molecule has 0 saturated carbocycles. The van der Waals surface area contributed by atoms with Gasteiger partial charge in [-0.2, -0.15) is 5.10 Å². The number of rotatable bonds is 7. The van der Waals surface area contributed by atoms with Crippen LogP contribution in [0.15, 0.2) is 16.8 Å². The van der Waals surface area contributed by atoms with Crippen molar-refractivity contribution >= 4 is 0 Å². The minimum atomic E-state index is 0.664. The summed E-state index contributed by atoms with van der Waals surface area (Å²) < 4.78 is 7.65. The van der Waals surface area contributed by atoms with E-state index in [2.05, 4.69) is 36.2 Å². The van der Waals surface area contributed by atoms with Crippen LogP contribution in [0.5, 0.6) is 0 Å². The summed E-state index contributed by atoms with van der Waals surface area (Å²) in [5.74, 6) is 2.26. The molecule has 0 saturated heterocycles. The second-order valence-corrected chi connectivity index (χ2v) is 5.48. The lowest BCUT2D eigenvalue weighted by atomic mass is 10.2. The van der Waals surface area contributed by atoms with Crippen molar-refractivity contribution in [2.24, 2.45) is 13.0 Å². The van der Waals surface area contributed by atoms with Crippen LogP contribution in [0.3, 0.4) is 0 Å². The zero-order chi connectivity index (χ0) is 14.5. The molecule has 2 heterocycles. The van der Waals surface area contributed by atoms with E-state index >= 15 is 0 Å². The molecule has 2 aromatic heterocycles. The Balaban J connectivity index is 1.98. The molecule has 0 aromatic carbocycles. The third-order valence-electron chi connectivity index (χ3n) is 3.13. The molecule has 0 radical (unpaired) electrons. The Labute approximate surface area is 120 Å². The molecule has 20 heavy (non-hydrogen) atoms. The van der Waals surface area contributed by atoms with Crippen LogP contribution < -0.4 is 5.32 Å². The van der Waals surface area contributed by atoms with Crippen molar-refractivity contribution in [1.82, 2.24) is 20.1 Å². The molecule has 110 valence electrons. The van der Waals surface area contributed by atoms with Crippen LogP contribution in [0.2, 0.25) is 0 Å². The van der Waals surface area contributed by atoms with Gasteiger partial charge in [-0.15, -0.1) is 0 Å². The Kier molecular flexibility index (Phi) is 4.95. The standard InChI is InChI=1S/C15H24N4O/c1-5-13-12(10-19(4)18-13)14-9-17-15(20-14)6-7-16-8-11(2)3/h9-11,16H,5-8H2,1-4H3. The highest BCUT2D eigenvalue weighted by atomic mass is 16.4. The fourth-order valence-corrected chi connectivity index (χ4v) is 2.14. The summed E-state index contributed by atoms with van der Waals surface area (Å²) in [7, 11) is 1.93. The average molecular weight is 276 g/mol. The van der Waals surface area contributed by atoms with Crippen molar-refractivity contribution in [3.8, 4) is 11.3 Å². The van der Waals surface area contributed by atoms with E-state index in [1.165, 1.54) is 0 Å². The normalized spacial score (nSPS) is 11.4. The van der Waals surface area contributed by atoms with Gasteiger partial charge in [0.25, 0.3) is 0 Å². The number of aromatic nitrogens is 3. The first kappa shape index (κ1) is 14.8. The molecular formula is C15H24N4O. The molecule has 5 heteroatoms. The molecule has 0 atom stereocenters. The fourth-order valence-electron chi connectivity index (χ4n) is 2.14. The van der Waals surface area contributed by atoms with Gasteiger partial charge in [0.1, 0.15) is 0 Å². The van der Waals surface area contributed by atoms with E-state index in [0.717, 1.165) is 48.8 Å². The van der Waals surface area contributed by atoms with E-state index in [4.69, 9.17) is 4.42 Å². The molecule has 2 aromatic rings. The maximum atomic E-state index is 5.83. The quantitative estimate of drug-likeness (QED) is 0.789. The van der Waals surface area contributed by atoms with Gasteiger partial charge in [0.15, 0.2) is 11.7 Å². The number of nitrogens with zero attached hydrogens (tertiary/aromatic N) is 3. The molecule has 0 amide bonds. The second kappa shape index (κ2) is 6.70. The lowest BCUT2D eigenvalue weighted by Crippen LogP contribution is -2.22. The van der Waals surface area contributed by atoms with Gasteiger partial charge in [-0.1, -0.05) is 20.8 Å². The van der Waals surface area contributed by atoms with Gasteiger partial charge in [-0.3, -0.25) is 4.68 Å². The first-order valence-electron chi connectivity index (χ1n) is 7.28. The zero-order valence-electron chi connectivity index (χ0n) is 12.8. The third kappa shape index (κ3) is 3.70. The molecule has 0 aliphatic rings. The van der Waals surface area contributed by atoms with Gasteiger partial charge in [0.2, 0.25) is 0 Å². The van der Waals surface area contributed by atoms with Crippen LogP contribution >= 0.6 is 0 Å². The van der Waals surface area contributed by atoms with Crippen LogP contribution in [0, 0.1) is 5.92 Å². The average Bonchev–Trinajstić information content (AvgIpc) is 3.00. The first-order valence-corrected chi connectivity index (χ1v) is 7.28. The highest BCUT2D eigenvalue weighted by molar-refractivity contribution is 5.58. The van der Waals surface area contributed by atoms with Crippen LogP contribution in [0.25, 0.3) is 11.3 Å². The lowest BCUT2D eigenvalue weighted by Gasteiger charge is -2.05. The maximum Gasteiger partial charge on any atom is 0.196 e. The number of aryl methyl sites for hydroxylation is 2. The van der Waals surface area contributed by atoms with E-state index in [9.17, 15) is 0 Å². The summed E-state index contributed by atoms with van der Waals surface area (Å²) in [4.78, 5) is 4.35. The largest absolute Gasteiger partial charge is 0.441 e. The van der Waals surface area contributed by atoms with E-state index in [1.54, 1.807) is 6.20 Å². The Hall–Kier alpha value is -1.62. The molecule has 0 aliphatic heterocycles. The predicted molar refractivity (Wildman–Crippen MR) is 79.5 cm³/mol. The van der Waals surface area contributed by atoms with Gasteiger partial charge in [-0.25, -0.2) is 4.98 Å². The van der Waals surface area contributed by atoms with Gasteiger partial charge < -0.3 is 9.73 Å². The van der Waals surface area contributed by atoms with Crippen LogP contribution in [0.4, 0.5) is 0 Å². The zero-order valence-corrected chi connectivity index (χ0v) is 12.8. The molecule has 5 nitrogen and oxygen atoms in total. The number of hydrogen-bond donors (Lipinski definition) is 1. The van der Waals surface area contributed by atoms with Gasteiger partial charge in [0, 0.05) is 26.2 Å².